The van der Waals surface area contributed by atoms with Gasteiger partial charge in [0.1, 0.15) is 0 Å². The monoisotopic (exact) mass is 540 g/mol. The van der Waals surface area contributed by atoms with Crippen LogP contribution in [0.25, 0.3) is 0 Å². The van der Waals surface area contributed by atoms with Crippen LogP contribution in [0, 0.1) is 0 Å². The predicted octanol–water partition coefficient (Wildman–Crippen LogP) is 2.26. The number of aryl methyl sites for hydroxylation is 1. The Labute approximate surface area is 203 Å². The molecular weight excluding hydrogens is 503 g/mol. The summed E-state index contributed by atoms with van der Waals surface area (Å²) < 4.78 is 1.84. The van der Waals surface area contributed by atoms with E-state index in [9.17, 15) is 0 Å². The van der Waals surface area contributed by atoms with Crippen molar-refractivity contribution in [3.05, 3.63) is 48.0 Å². The van der Waals surface area contributed by atoms with E-state index >= 15 is 0 Å². The summed E-state index contributed by atoms with van der Waals surface area (Å²) >= 11 is 0. The number of aliphatic imine (C=N–C) groups is 1. The summed E-state index contributed by atoms with van der Waals surface area (Å²) in [5, 5.41) is 11.4. The number of nitrogens with one attached hydrogen (secondary N) is 2. The second kappa shape index (κ2) is 13.0. The normalized spacial score (nSPS) is 16.7. The Morgan fingerprint density at radius 2 is 2.06 bits per heavy atom. The lowest BCUT2D eigenvalue weighted by molar-refractivity contribution is 0.196. The third kappa shape index (κ3) is 8.04. The number of halogens is 1. The molecule has 172 valence electrons. The van der Waals surface area contributed by atoms with Gasteiger partial charge in [-0.05, 0) is 46.0 Å². The standard InChI is InChI=1S/C22H36N8.HI/c1-5-23-22(25-15-21(28(2)3)18-14-26-29(4)16-18)27-19-9-12-30(13-10-19)17-20-8-6-7-11-24-20;/h6-8,11,14,16,19,21H,5,9-10,12-13,15,17H2,1-4H3,(H2,23,25,27);1H. The number of nitrogens with zero attached hydrogens (tertiary/aromatic N) is 6. The first-order valence-electron chi connectivity index (χ1n) is 10.9. The van der Waals surface area contributed by atoms with Crippen LogP contribution in [0.15, 0.2) is 41.8 Å². The zero-order valence-corrected chi connectivity index (χ0v) is 21.5. The Hall–Kier alpha value is -1.72. The molecule has 2 aromatic rings. The van der Waals surface area contributed by atoms with E-state index in [1.54, 1.807) is 0 Å². The molecule has 2 aromatic heterocycles. The van der Waals surface area contributed by atoms with Gasteiger partial charge in [0.05, 0.1) is 24.5 Å². The van der Waals surface area contributed by atoms with Crippen molar-refractivity contribution < 1.29 is 0 Å². The van der Waals surface area contributed by atoms with Crippen LogP contribution in [0.5, 0.6) is 0 Å². The smallest absolute Gasteiger partial charge is 0.191 e. The van der Waals surface area contributed by atoms with Crippen molar-refractivity contribution in [2.75, 3.05) is 40.3 Å². The molecule has 2 N–H and O–H groups in total. The third-order valence-corrected chi connectivity index (χ3v) is 5.54. The Morgan fingerprint density at radius 1 is 1.29 bits per heavy atom. The molecule has 1 aliphatic heterocycles. The van der Waals surface area contributed by atoms with Crippen LogP contribution in [0.4, 0.5) is 0 Å². The quantitative estimate of drug-likeness (QED) is 0.304. The van der Waals surface area contributed by atoms with Crippen LogP contribution in [-0.2, 0) is 13.6 Å². The van der Waals surface area contributed by atoms with Gasteiger partial charge in [0.2, 0.25) is 0 Å². The van der Waals surface area contributed by atoms with Gasteiger partial charge < -0.3 is 15.5 Å². The van der Waals surface area contributed by atoms with Gasteiger partial charge in [0.15, 0.2) is 5.96 Å². The van der Waals surface area contributed by atoms with Crippen LogP contribution in [0.1, 0.15) is 37.1 Å². The maximum Gasteiger partial charge on any atom is 0.191 e. The second-order valence-corrected chi connectivity index (χ2v) is 8.16. The van der Waals surface area contributed by atoms with E-state index in [4.69, 9.17) is 4.99 Å². The summed E-state index contributed by atoms with van der Waals surface area (Å²) in [7, 11) is 6.13. The number of pyridine rings is 1. The van der Waals surface area contributed by atoms with E-state index in [1.165, 1.54) is 5.56 Å². The fourth-order valence-corrected chi connectivity index (χ4v) is 3.83. The molecule has 0 aromatic carbocycles. The fraction of sp³-hybridized carbons (Fsp3) is 0.591. The number of likely N-dealkylation sites (N-methyl/N-ethyl adjacent to an activating group) is 1. The lowest BCUT2D eigenvalue weighted by Crippen LogP contribution is -2.48. The summed E-state index contributed by atoms with van der Waals surface area (Å²) in [6, 6.07) is 6.77. The molecule has 1 unspecified atom stereocenters. The molecule has 9 heteroatoms. The molecule has 0 bridgehead atoms. The minimum atomic E-state index is 0. The predicted molar refractivity (Wildman–Crippen MR) is 137 cm³/mol. The van der Waals surface area contributed by atoms with Crippen LogP contribution in [0.2, 0.25) is 0 Å². The summed E-state index contributed by atoms with van der Waals surface area (Å²) in [5.74, 6) is 0.899. The highest BCUT2D eigenvalue weighted by atomic mass is 127. The highest BCUT2D eigenvalue weighted by molar-refractivity contribution is 14.0. The van der Waals surface area contributed by atoms with Gasteiger partial charge in [0.25, 0.3) is 0 Å². The first-order valence-corrected chi connectivity index (χ1v) is 10.9. The van der Waals surface area contributed by atoms with Crippen molar-refractivity contribution in [1.82, 2.24) is 35.2 Å². The summed E-state index contributed by atoms with van der Waals surface area (Å²) in [4.78, 5) is 14.0. The Balaban J connectivity index is 0.00000341. The van der Waals surface area contributed by atoms with E-state index < -0.39 is 0 Å². The molecule has 1 saturated heterocycles. The maximum atomic E-state index is 4.89. The molecular formula is C22H37IN8. The van der Waals surface area contributed by atoms with Crippen molar-refractivity contribution in [2.24, 2.45) is 12.0 Å². The molecule has 0 aliphatic carbocycles. The van der Waals surface area contributed by atoms with Gasteiger partial charge >= 0.3 is 0 Å². The highest BCUT2D eigenvalue weighted by Crippen LogP contribution is 2.18. The molecule has 0 spiro atoms. The number of rotatable bonds is 8. The highest BCUT2D eigenvalue weighted by Gasteiger charge is 2.21. The van der Waals surface area contributed by atoms with Crippen LogP contribution in [0.3, 0.4) is 0 Å². The van der Waals surface area contributed by atoms with Gasteiger partial charge in [0, 0.05) is 57.2 Å². The summed E-state index contributed by atoms with van der Waals surface area (Å²) in [6.45, 7) is 6.72. The molecule has 31 heavy (non-hydrogen) atoms. The van der Waals surface area contributed by atoms with Crippen molar-refractivity contribution >= 4 is 29.9 Å². The molecule has 1 aliphatic rings. The van der Waals surface area contributed by atoms with Gasteiger partial charge in [-0.1, -0.05) is 6.07 Å². The first kappa shape index (κ1) is 25.5. The van der Waals surface area contributed by atoms with Crippen LogP contribution < -0.4 is 10.6 Å². The van der Waals surface area contributed by atoms with Gasteiger partial charge in [-0.3, -0.25) is 19.6 Å². The number of guanidine groups is 1. The molecule has 1 atom stereocenters. The van der Waals surface area contributed by atoms with E-state index in [2.05, 4.69) is 69.9 Å². The van der Waals surface area contributed by atoms with Crippen molar-refractivity contribution in [1.29, 1.82) is 0 Å². The average molecular weight is 540 g/mol. The van der Waals surface area contributed by atoms with E-state index in [0.717, 1.165) is 50.7 Å². The molecule has 0 saturated carbocycles. The van der Waals surface area contributed by atoms with Crippen LogP contribution >= 0.6 is 24.0 Å². The van der Waals surface area contributed by atoms with Crippen molar-refractivity contribution in [3.8, 4) is 0 Å². The zero-order chi connectivity index (χ0) is 21.3. The zero-order valence-electron chi connectivity index (χ0n) is 19.2. The molecule has 1 fully saturated rings. The van der Waals surface area contributed by atoms with Gasteiger partial charge in [-0.15, -0.1) is 24.0 Å². The topological polar surface area (TPSA) is 73.6 Å². The number of aromatic nitrogens is 3. The van der Waals surface area contributed by atoms with E-state index in [-0.39, 0.29) is 30.0 Å². The lowest BCUT2D eigenvalue weighted by atomic mass is 10.0. The average Bonchev–Trinajstić information content (AvgIpc) is 3.16. The maximum absolute atomic E-state index is 4.89. The van der Waals surface area contributed by atoms with E-state index in [0.29, 0.717) is 12.6 Å². The van der Waals surface area contributed by atoms with E-state index in [1.807, 2.05) is 30.2 Å². The summed E-state index contributed by atoms with van der Waals surface area (Å²) in [5.41, 5.74) is 2.33. The van der Waals surface area contributed by atoms with Gasteiger partial charge in [-0.25, -0.2) is 0 Å². The number of hydrogen-bond acceptors (Lipinski definition) is 5. The molecule has 0 amide bonds. The fourth-order valence-electron chi connectivity index (χ4n) is 3.83. The largest absolute Gasteiger partial charge is 0.357 e. The minimum Gasteiger partial charge on any atom is -0.357 e. The number of likely N-dealkylation sites (tertiary alicyclic amines) is 1. The first-order chi connectivity index (χ1) is 14.5. The Morgan fingerprint density at radius 3 is 2.65 bits per heavy atom. The lowest BCUT2D eigenvalue weighted by Gasteiger charge is -2.33. The SMILES string of the molecule is CCNC(=NCC(c1cnn(C)c1)N(C)C)NC1CCN(Cc2ccccn2)CC1.I. The van der Waals surface area contributed by atoms with Gasteiger partial charge in [-0.2, -0.15) is 5.10 Å². The Kier molecular flexibility index (Phi) is 10.7. The van der Waals surface area contributed by atoms with Crippen molar-refractivity contribution in [3.63, 3.8) is 0 Å². The minimum absolute atomic E-state index is 0. The molecule has 0 radical (unpaired) electrons. The molecule has 3 heterocycles. The summed E-state index contributed by atoms with van der Waals surface area (Å²) in [6.07, 6.45) is 8.08. The Bertz CT molecular complexity index is 784. The van der Waals surface area contributed by atoms with Crippen molar-refractivity contribution in [2.45, 2.75) is 38.4 Å². The number of hydrogen-bond donors (Lipinski definition) is 2. The number of piperidine rings is 1. The molecule has 3 rings (SSSR count). The third-order valence-electron chi connectivity index (χ3n) is 5.54. The second-order valence-electron chi connectivity index (χ2n) is 8.16. The molecule has 8 nitrogen and oxygen atoms in total. The van der Waals surface area contributed by atoms with Crippen LogP contribution in [-0.4, -0.2) is 76.8 Å².